The van der Waals surface area contributed by atoms with Gasteiger partial charge in [0, 0.05) is 38.0 Å². The van der Waals surface area contributed by atoms with E-state index >= 15 is 0 Å². The van der Waals surface area contributed by atoms with Crippen molar-refractivity contribution in [3.05, 3.63) is 69.8 Å². The van der Waals surface area contributed by atoms with Crippen LogP contribution in [0.1, 0.15) is 43.9 Å². The second-order valence-electron chi connectivity index (χ2n) is 8.92. The molecule has 0 spiro atoms. The first-order chi connectivity index (χ1) is 17.5. The number of aryl methyl sites for hydroxylation is 1. The minimum Gasteiger partial charge on any atom is -0.481 e. The van der Waals surface area contributed by atoms with Gasteiger partial charge in [-0.2, -0.15) is 0 Å². The van der Waals surface area contributed by atoms with Crippen molar-refractivity contribution in [1.82, 2.24) is 9.21 Å². The number of sulfonamides is 1. The van der Waals surface area contributed by atoms with Crippen molar-refractivity contribution in [2.45, 2.75) is 44.0 Å². The summed E-state index contributed by atoms with van der Waals surface area (Å²) in [6, 6.07) is 10.5. The van der Waals surface area contributed by atoms with Crippen LogP contribution in [-0.4, -0.2) is 65.5 Å². The monoisotopic (exact) mass is 530 g/mol. The Kier molecular flexibility index (Phi) is 8.77. The summed E-state index contributed by atoms with van der Waals surface area (Å²) >= 11 is 0. The number of hydrogen-bond donors (Lipinski definition) is 1. The lowest BCUT2D eigenvalue weighted by Gasteiger charge is -2.38. The predicted octanol–water partition coefficient (Wildman–Crippen LogP) is 3.90. The third-order valence-corrected chi connectivity index (χ3v) is 8.22. The van der Waals surface area contributed by atoms with E-state index in [9.17, 15) is 33.2 Å². The number of nitro benzene ring substituents is 1. The fraction of sp³-hybridized carbons (Fsp3) is 0.400. The van der Waals surface area contributed by atoms with Crippen LogP contribution in [0.4, 0.5) is 10.5 Å². The molecule has 1 heterocycles. The molecule has 0 saturated heterocycles. The molecule has 0 saturated carbocycles. The van der Waals surface area contributed by atoms with E-state index in [4.69, 9.17) is 0 Å². The Morgan fingerprint density at radius 3 is 2.49 bits per heavy atom. The summed E-state index contributed by atoms with van der Waals surface area (Å²) in [6.07, 6.45) is 2.00. The molecule has 12 heteroatoms. The highest BCUT2D eigenvalue weighted by Gasteiger charge is 2.42. The Hall–Kier alpha value is -3.64. The maximum Gasteiger partial charge on any atom is 0.344 e. The van der Waals surface area contributed by atoms with Crippen LogP contribution in [0.15, 0.2) is 58.4 Å². The topological polar surface area (TPSA) is 150 Å². The zero-order valence-electron chi connectivity index (χ0n) is 20.9. The third-order valence-electron chi connectivity index (χ3n) is 6.35. The molecule has 2 amide bonds. The van der Waals surface area contributed by atoms with E-state index in [-0.39, 0.29) is 41.4 Å². The van der Waals surface area contributed by atoms with Crippen LogP contribution in [0, 0.1) is 16.0 Å². The van der Waals surface area contributed by atoms with Gasteiger partial charge < -0.3 is 10.0 Å². The van der Waals surface area contributed by atoms with Gasteiger partial charge in [-0.15, -0.1) is 0 Å². The van der Waals surface area contributed by atoms with Crippen molar-refractivity contribution in [3.8, 4) is 0 Å². The highest BCUT2D eigenvalue weighted by molar-refractivity contribution is 7.89. The number of nitro groups is 1. The van der Waals surface area contributed by atoms with E-state index < -0.39 is 38.9 Å². The average Bonchev–Trinajstić information content (AvgIpc) is 2.85. The van der Waals surface area contributed by atoms with Gasteiger partial charge in [0.2, 0.25) is 10.0 Å². The van der Waals surface area contributed by atoms with E-state index in [2.05, 4.69) is 4.99 Å². The Balaban J connectivity index is 1.81. The summed E-state index contributed by atoms with van der Waals surface area (Å²) in [5, 5.41) is 21.2. The van der Waals surface area contributed by atoms with Crippen LogP contribution in [0.2, 0.25) is 0 Å². The number of rotatable bonds is 11. The number of aliphatic carboxylic acids is 1. The van der Waals surface area contributed by atoms with Gasteiger partial charge in [0.1, 0.15) is 5.92 Å². The van der Waals surface area contributed by atoms with Crippen molar-refractivity contribution in [3.63, 3.8) is 0 Å². The number of carboxylic acid groups (broad SMARTS) is 1. The summed E-state index contributed by atoms with van der Waals surface area (Å²) in [5.41, 5.74) is 1.20. The molecule has 0 bridgehead atoms. The fourth-order valence-electron chi connectivity index (χ4n) is 4.44. The van der Waals surface area contributed by atoms with E-state index in [1.807, 2.05) is 6.92 Å². The first kappa shape index (κ1) is 27.9. The number of non-ortho nitro benzene ring substituents is 1. The number of carboxylic acids is 1. The Bertz CT molecular complexity index is 1310. The number of aliphatic imine (C=N–C) groups is 1. The van der Waals surface area contributed by atoms with Crippen LogP contribution < -0.4 is 0 Å². The van der Waals surface area contributed by atoms with Crippen molar-refractivity contribution < 1.29 is 28.0 Å². The van der Waals surface area contributed by atoms with Crippen LogP contribution in [0.5, 0.6) is 0 Å². The van der Waals surface area contributed by atoms with Gasteiger partial charge >= 0.3 is 12.0 Å². The van der Waals surface area contributed by atoms with Crippen molar-refractivity contribution in [2.24, 2.45) is 10.9 Å². The van der Waals surface area contributed by atoms with E-state index in [0.717, 1.165) is 18.4 Å². The van der Waals surface area contributed by atoms with Crippen molar-refractivity contribution >= 4 is 33.4 Å². The number of benzene rings is 2. The molecule has 37 heavy (non-hydrogen) atoms. The van der Waals surface area contributed by atoms with Gasteiger partial charge in [-0.1, -0.05) is 37.6 Å². The molecule has 2 aromatic carbocycles. The minimum absolute atomic E-state index is 0.00203. The number of hydrogen-bond acceptors (Lipinski definition) is 6. The van der Waals surface area contributed by atoms with E-state index in [0.29, 0.717) is 0 Å². The maximum atomic E-state index is 13.0. The molecule has 0 aliphatic carbocycles. The molecule has 1 N–H and O–H groups in total. The molecule has 2 atom stereocenters. The normalized spacial score (nSPS) is 18.1. The number of carbonyl (C=O) groups excluding carboxylic acids is 1. The highest BCUT2D eigenvalue weighted by Crippen LogP contribution is 2.36. The molecule has 0 radical (unpaired) electrons. The molecule has 1 aliphatic rings. The van der Waals surface area contributed by atoms with Crippen molar-refractivity contribution in [2.75, 3.05) is 20.1 Å². The fourth-order valence-corrected chi connectivity index (χ4v) is 5.65. The van der Waals surface area contributed by atoms with Gasteiger partial charge in [0.25, 0.3) is 5.69 Å². The molecule has 198 valence electrons. The first-order valence-corrected chi connectivity index (χ1v) is 13.3. The molecule has 3 rings (SSSR count). The number of urea groups is 1. The number of nitrogens with zero attached hydrogens (tertiary/aromatic N) is 4. The van der Waals surface area contributed by atoms with E-state index in [1.165, 1.54) is 47.4 Å². The molecular formula is C25H30N4O7S. The summed E-state index contributed by atoms with van der Waals surface area (Å²) < 4.78 is 27.2. The lowest BCUT2D eigenvalue weighted by molar-refractivity contribution is -0.385. The van der Waals surface area contributed by atoms with Crippen LogP contribution in [-0.2, 0) is 21.2 Å². The molecular weight excluding hydrogens is 500 g/mol. The van der Waals surface area contributed by atoms with Gasteiger partial charge in [-0.3, -0.25) is 14.9 Å². The summed E-state index contributed by atoms with van der Waals surface area (Å²) in [6.45, 7) is 3.54. The molecule has 0 aromatic heterocycles. The summed E-state index contributed by atoms with van der Waals surface area (Å²) in [4.78, 5) is 40.9. The largest absolute Gasteiger partial charge is 0.481 e. The minimum atomic E-state index is -3.77. The lowest BCUT2D eigenvalue weighted by atomic mass is 9.86. The van der Waals surface area contributed by atoms with Gasteiger partial charge in [0.05, 0.1) is 15.9 Å². The second-order valence-corrected chi connectivity index (χ2v) is 11.0. The van der Waals surface area contributed by atoms with Crippen molar-refractivity contribution in [1.29, 1.82) is 0 Å². The number of amides is 2. The molecule has 11 nitrogen and oxygen atoms in total. The molecule has 2 aromatic rings. The summed E-state index contributed by atoms with van der Waals surface area (Å²) in [7, 11) is -2.33. The molecule has 2 unspecified atom stereocenters. The summed E-state index contributed by atoms with van der Waals surface area (Å²) in [5.74, 6) is -2.43. The first-order valence-electron chi connectivity index (χ1n) is 11.9. The standard InChI is InChI=1S/C25H30N4O7S/c1-4-7-18-10-12-21(13-11-18)37(35,36)27(3)14-6-15-28-23(19-8-5-9-20(16-19)29(33)34)22(24(30)31)17(2)26-25(28)32/h5,8-13,16,22-23H,4,6-7,14-15H2,1-3H3,(H,30,31). The van der Waals surface area contributed by atoms with Crippen LogP contribution in [0.3, 0.4) is 0 Å². The predicted molar refractivity (Wildman–Crippen MR) is 137 cm³/mol. The van der Waals surface area contributed by atoms with Crippen LogP contribution in [0.25, 0.3) is 0 Å². The van der Waals surface area contributed by atoms with Gasteiger partial charge in [-0.05, 0) is 43.0 Å². The zero-order chi connectivity index (χ0) is 27.3. The SMILES string of the molecule is CCCc1ccc(S(=O)(=O)N(C)CCCN2C(=O)N=C(C)C(C(=O)O)C2c2cccc([N+](=O)[O-])c2)cc1. The lowest BCUT2D eigenvalue weighted by Crippen LogP contribution is -2.47. The van der Waals surface area contributed by atoms with Gasteiger partial charge in [0.15, 0.2) is 0 Å². The molecule has 0 fully saturated rings. The number of carbonyl (C=O) groups is 2. The smallest absolute Gasteiger partial charge is 0.344 e. The van der Waals surface area contributed by atoms with E-state index in [1.54, 1.807) is 24.3 Å². The van der Waals surface area contributed by atoms with Crippen LogP contribution >= 0.6 is 0 Å². The second kappa shape index (κ2) is 11.6. The zero-order valence-corrected chi connectivity index (χ0v) is 21.7. The quantitative estimate of drug-likeness (QED) is 0.342. The average molecular weight is 531 g/mol. The highest BCUT2D eigenvalue weighted by atomic mass is 32.2. The third kappa shape index (κ3) is 6.20. The Labute approximate surface area is 215 Å². The Morgan fingerprint density at radius 1 is 1.22 bits per heavy atom. The molecule has 1 aliphatic heterocycles. The Morgan fingerprint density at radius 2 is 1.89 bits per heavy atom. The maximum absolute atomic E-state index is 13.0. The van der Waals surface area contributed by atoms with Gasteiger partial charge in [-0.25, -0.2) is 22.5 Å².